The van der Waals surface area contributed by atoms with E-state index in [4.69, 9.17) is 16.3 Å². The Bertz CT molecular complexity index is 1300. The topological polar surface area (TPSA) is 45.3 Å². The fraction of sp³-hybridized carbons (Fsp3) is 0.240. The number of pyridine rings is 1. The number of nitrogens with zero attached hydrogens (tertiary/aromatic N) is 1. The van der Waals surface area contributed by atoms with Gasteiger partial charge in [-0.05, 0) is 50.1 Å². The van der Waals surface area contributed by atoms with E-state index in [1.165, 1.54) is 0 Å². The Morgan fingerprint density at radius 2 is 1.72 bits per heavy atom. The summed E-state index contributed by atoms with van der Waals surface area (Å²) < 4.78 is 34.5. The molecule has 32 heavy (non-hydrogen) atoms. The number of benzene rings is 3. The number of hydrogen-bond donors (Lipinski definition) is 1. The molecule has 0 unspecified atom stereocenters. The molecule has 0 aliphatic carbocycles. The van der Waals surface area contributed by atoms with Crippen molar-refractivity contribution in [2.75, 3.05) is 24.6 Å². The van der Waals surface area contributed by atoms with Crippen LogP contribution in [0.25, 0.3) is 21.7 Å². The molecule has 1 heterocycles. The highest BCUT2D eigenvalue weighted by atomic mass is 35.5. The molecule has 0 saturated carbocycles. The second-order valence-electron chi connectivity index (χ2n) is 7.53. The zero-order chi connectivity index (χ0) is 22.7. The van der Waals surface area contributed by atoms with Crippen LogP contribution in [0, 0.1) is 11.6 Å². The van der Waals surface area contributed by atoms with Crippen molar-refractivity contribution in [3.63, 3.8) is 0 Å². The average molecular weight is 457 g/mol. The molecular weight excluding hydrogens is 434 g/mol. The molecule has 0 amide bonds. The molecule has 0 radical (unpaired) electrons. The Labute approximate surface area is 189 Å². The first kappa shape index (κ1) is 22.1. The number of fused-ring (bicyclic) bond motifs is 3. The van der Waals surface area contributed by atoms with Crippen LogP contribution in [-0.2, 0) is 0 Å². The minimum absolute atomic E-state index is 0.0390. The minimum atomic E-state index is -0.662. The van der Waals surface area contributed by atoms with Gasteiger partial charge in [0.1, 0.15) is 11.4 Å². The number of halogens is 3. The summed E-state index contributed by atoms with van der Waals surface area (Å²) in [6.07, 6.45) is 1.39. The van der Waals surface area contributed by atoms with Crippen LogP contribution in [0.1, 0.15) is 19.8 Å². The second-order valence-corrected chi connectivity index (χ2v) is 7.97. The van der Waals surface area contributed by atoms with Crippen LogP contribution in [-0.4, -0.2) is 24.7 Å². The van der Waals surface area contributed by atoms with Crippen molar-refractivity contribution in [2.45, 2.75) is 19.8 Å². The number of nitrogens with one attached hydrogen (secondary N) is 1. The first-order valence-corrected chi connectivity index (χ1v) is 10.9. The van der Waals surface area contributed by atoms with Gasteiger partial charge in [-0.25, -0.2) is 8.78 Å². The maximum absolute atomic E-state index is 14.2. The fourth-order valence-corrected chi connectivity index (χ4v) is 4.17. The predicted molar refractivity (Wildman–Crippen MR) is 126 cm³/mol. The van der Waals surface area contributed by atoms with Gasteiger partial charge in [0.05, 0.1) is 12.1 Å². The van der Waals surface area contributed by atoms with Crippen molar-refractivity contribution in [3.05, 3.63) is 81.6 Å². The molecule has 0 spiro atoms. The zero-order valence-electron chi connectivity index (χ0n) is 17.6. The third kappa shape index (κ3) is 4.41. The number of unbranched alkanes of at least 4 members (excludes halogenated alkanes) is 1. The number of anilines is 1. The average Bonchev–Trinajstić information content (AvgIpc) is 2.77. The maximum atomic E-state index is 14.2. The van der Waals surface area contributed by atoms with Crippen molar-refractivity contribution in [1.29, 1.82) is 0 Å². The van der Waals surface area contributed by atoms with Crippen LogP contribution in [0.3, 0.4) is 0 Å². The van der Waals surface area contributed by atoms with E-state index < -0.39 is 11.6 Å². The smallest absolute Gasteiger partial charge is 0.256 e. The van der Waals surface area contributed by atoms with Crippen molar-refractivity contribution in [1.82, 2.24) is 4.98 Å². The SMILES string of the molecule is CCN(CCCCOc1cccc2[nH]c(=O)c3ccccc3c12)c1c(F)cc(Cl)cc1F. The van der Waals surface area contributed by atoms with Crippen LogP contribution in [0.5, 0.6) is 5.75 Å². The zero-order valence-corrected chi connectivity index (χ0v) is 18.4. The summed E-state index contributed by atoms with van der Waals surface area (Å²) in [4.78, 5) is 16.9. The molecule has 0 bridgehead atoms. The number of aromatic amines is 1. The van der Waals surface area contributed by atoms with Gasteiger partial charge in [0.2, 0.25) is 0 Å². The summed E-state index contributed by atoms with van der Waals surface area (Å²) in [5, 5.41) is 2.36. The van der Waals surface area contributed by atoms with Gasteiger partial charge in [-0.3, -0.25) is 4.79 Å². The Morgan fingerprint density at radius 1 is 1.00 bits per heavy atom. The highest BCUT2D eigenvalue weighted by molar-refractivity contribution is 6.30. The molecule has 0 atom stereocenters. The summed E-state index contributed by atoms with van der Waals surface area (Å²) in [6.45, 7) is 3.25. The summed E-state index contributed by atoms with van der Waals surface area (Å²) >= 11 is 5.73. The number of aromatic nitrogens is 1. The third-order valence-corrected chi connectivity index (χ3v) is 5.69. The Hall–Kier alpha value is -3.12. The van der Waals surface area contributed by atoms with E-state index in [-0.39, 0.29) is 16.3 Å². The fourth-order valence-electron chi connectivity index (χ4n) is 3.97. The summed E-state index contributed by atoms with van der Waals surface area (Å²) in [5.74, 6) is -0.633. The van der Waals surface area contributed by atoms with Gasteiger partial charge < -0.3 is 14.6 Å². The van der Waals surface area contributed by atoms with Crippen LogP contribution in [0.2, 0.25) is 5.02 Å². The van der Waals surface area contributed by atoms with E-state index in [1.54, 1.807) is 11.0 Å². The minimum Gasteiger partial charge on any atom is -0.493 e. The van der Waals surface area contributed by atoms with E-state index in [0.29, 0.717) is 43.7 Å². The molecule has 4 rings (SSSR count). The molecule has 7 heteroatoms. The van der Waals surface area contributed by atoms with E-state index in [2.05, 4.69) is 4.98 Å². The standard InChI is InChI=1S/C25H23ClF2N2O2/c1-2-30(24-19(27)14-16(26)15-20(24)28)12-5-6-13-32-22-11-7-10-21-23(22)17-8-3-4-9-18(17)25(31)29-21/h3-4,7-11,14-15H,2,5-6,12-13H2,1H3,(H,29,31). The van der Waals surface area contributed by atoms with Crippen LogP contribution in [0.15, 0.2) is 59.4 Å². The Kier molecular flexibility index (Phi) is 6.61. The molecular formula is C25H23ClF2N2O2. The van der Waals surface area contributed by atoms with Gasteiger partial charge in [-0.2, -0.15) is 0 Å². The number of hydrogen-bond acceptors (Lipinski definition) is 3. The van der Waals surface area contributed by atoms with E-state index >= 15 is 0 Å². The number of ether oxygens (including phenoxy) is 1. The normalized spacial score (nSPS) is 11.2. The molecule has 1 aromatic heterocycles. The lowest BCUT2D eigenvalue weighted by molar-refractivity contribution is 0.311. The lowest BCUT2D eigenvalue weighted by Crippen LogP contribution is -2.26. The third-order valence-electron chi connectivity index (χ3n) is 5.48. The molecule has 166 valence electrons. The molecule has 0 saturated heterocycles. The highest BCUT2D eigenvalue weighted by Gasteiger charge is 2.16. The molecule has 1 N–H and O–H groups in total. The van der Waals surface area contributed by atoms with Gasteiger partial charge in [-0.15, -0.1) is 0 Å². The number of H-pyrrole nitrogens is 1. The molecule has 0 aliphatic rings. The van der Waals surface area contributed by atoms with Crippen LogP contribution in [0.4, 0.5) is 14.5 Å². The van der Waals surface area contributed by atoms with Crippen molar-refractivity contribution in [2.24, 2.45) is 0 Å². The van der Waals surface area contributed by atoms with Crippen molar-refractivity contribution < 1.29 is 13.5 Å². The van der Waals surface area contributed by atoms with Crippen molar-refractivity contribution in [3.8, 4) is 5.75 Å². The Balaban J connectivity index is 1.44. The van der Waals surface area contributed by atoms with Gasteiger partial charge in [-0.1, -0.05) is 35.9 Å². The lowest BCUT2D eigenvalue weighted by Gasteiger charge is -2.24. The summed E-state index contributed by atoms with van der Waals surface area (Å²) in [6, 6.07) is 15.3. The predicted octanol–water partition coefficient (Wildman–Crippen LogP) is 6.30. The second kappa shape index (κ2) is 9.57. The quantitative estimate of drug-likeness (QED) is 0.250. The van der Waals surface area contributed by atoms with Crippen LogP contribution >= 0.6 is 11.6 Å². The highest BCUT2D eigenvalue weighted by Crippen LogP contribution is 2.30. The Morgan fingerprint density at radius 3 is 2.44 bits per heavy atom. The molecule has 0 aliphatic heterocycles. The molecule has 4 nitrogen and oxygen atoms in total. The summed E-state index contributed by atoms with van der Waals surface area (Å²) in [5.41, 5.74) is 0.533. The van der Waals surface area contributed by atoms with Gasteiger partial charge in [0.25, 0.3) is 5.56 Å². The molecule has 0 fully saturated rings. The van der Waals surface area contributed by atoms with Gasteiger partial charge >= 0.3 is 0 Å². The monoisotopic (exact) mass is 456 g/mol. The summed E-state index contributed by atoms with van der Waals surface area (Å²) in [7, 11) is 0. The first-order valence-electron chi connectivity index (χ1n) is 10.6. The first-order chi connectivity index (χ1) is 15.5. The van der Waals surface area contributed by atoms with Gasteiger partial charge in [0, 0.05) is 34.3 Å². The van der Waals surface area contributed by atoms with Crippen molar-refractivity contribution >= 4 is 39.0 Å². The van der Waals surface area contributed by atoms with Gasteiger partial charge in [0.15, 0.2) is 11.6 Å². The van der Waals surface area contributed by atoms with E-state index in [9.17, 15) is 13.6 Å². The largest absolute Gasteiger partial charge is 0.493 e. The van der Waals surface area contributed by atoms with E-state index in [1.807, 2.05) is 43.3 Å². The number of rotatable bonds is 8. The van der Waals surface area contributed by atoms with E-state index in [0.717, 1.165) is 28.4 Å². The van der Waals surface area contributed by atoms with Crippen LogP contribution < -0.4 is 15.2 Å². The maximum Gasteiger partial charge on any atom is 0.256 e. The molecule has 4 aromatic rings. The lowest BCUT2D eigenvalue weighted by atomic mass is 10.1. The molecule has 3 aromatic carbocycles.